The first-order valence-electron chi connectivity index (χ1n) is 4.88. The van der Waals surface area contributed by atoms with Crippen LogP contribution in [0.5, 0.6) is 0 Å². The van der Waals surface area contributed by atoms with Gasteiger partial charge in [-0.2, -0.15) is 0 Å². The van der Waals surface area contributed by atoms with Gasteiger partial charge in [0, 0.05) is 11.1 Å². The Balaban J connectivity index is 2.49. The normalized spacial score (nSPS) is 16.2. The Labute approximate surface area is 91.4 Å². The van der Waals surface area contributed by atoms with Crippen LogP contribution in [0.3, 0.4) is 0 Å². The SMILES string of the molecule is N=C1C=Cc2ccc3c(c2=N1)=NC(=N)C=C3. The zero-order chi connectivity index (χ0) is 11.1. The predicted octanol–water partition coefficient (Wildman–Crippen LogP) is 0.934. The molecule has 0 atom stereocenters. The fourth-order valence-electron chi connectivity index (χ4n) is 1.77. The van der Waals surface area contributed by atoms with Crippen molar-refractivity contribution < 1.29 is 0 Å². The standard InChI is InChI=1S/C12H8N4/c13-9-5-3-7-1-2-8-4-6-10(14)16-12(8)11(7)15-9/h1-6,13-14H. The largest absolute Gasteiger partial charge is 0.283 e. The summed E-state index contributed by atoms with van der Waals surface area (Å²) in [5.74, 6) is 0.439. The second-order valence-corrected chi connectivity index (χ2v) is 3.60. The van der Waals surface area contributed by atoms with Crippen LogP contribution in [0.2, 0.25) is 0 Å². The highest BCUT2D eigenvalue weighted by Crippen LogP contribution is 2.04. The van der Waals surface area contributed by atoms with Gasteiger partial charge < -0.3 is 0 Å². The molecule has 0 fully saturated rings. The Morgan fingerprint density at radius 1 is 0.688 bits per heavy atom. The van der Waals surface area contributed by atoms with E-state index in [1.807, 2.05) is 24.3 Å². The van der Waals surface area contributed by atoms with E-state index in [4.69, 9.17) is 10.8 Å². The van der Waals surface area contributed by atoms with E-state index < -0.39 is 0 Å². The van der Waals surface area contributed by atoms with Gasteiger partial charge in [-0.15, -0.1) is 0 Å². The molecule has 2 aliphatic rings. The minimum Gasteiger partial charge on any atom is -0.283 e. The second-order valence-electron chi connectivity index (χ2n) is 3.60. The number of hydrogen-bond acceptors (Lipinski definition) is 2. The van der Waals surface area contributed by atoms with Crippen LogP contribution in [-0.2, 0) is 0 Å². The maximum Gasteiger partial charge on any atom is 0.145 e. The van der Waals surface area contributed by atoms with E-state index in [0.717, 1.165) is 11.1 Å². The third-order valence-corrected chi connectivity index (χ3v) is 2.52. The smallest absolute Gasteiger partial charge is 0.145 e. The van der Waals surface area contributed by atoms with Crippen LogP contribution in [0.15, 0.2) is 34.3 Å². The van der Waals surface area contributed by atoms with Crippen LogP contribution >= 0.6 is 0 Å². The number of benzene rings is 1. The van der Waals surface area contributed by atoms with Crippen molar-refractivity contribution in [3.05, 3.63) is 46.1 Å². The molecule has 0 saturated heterocycles. The molecule has 76 valence electrons. The molecule has 0 aromatic heterocycles. The lowest BCUT2D eigenvalue weighted by molar-refractivity contribution is 1.20. The zero-order valence-corrected chi connectivity index (χ0v) is 8.36. The minimum absolute atomic E-state index is 0.220. The zero-order valence-electron chi connectivity index (χ0n) is 8.36. The van der Waals surface area contributed by atoms with Crippen molar-refractivity contribution in [3.63, 3.8) is 0 Å². The van der Waals surface area contributed by atoms with E-state index in [1.54, 1.807) is 12.2 Å². The van der Waals surface area contributed by atoms with Gasteiger partial charge in [-0.3, -0.25) is 10.8 Å². The monoisotopic (exact) mass is 208 g/mol. The Bertz CT molecular complexity index is 631. The molecular formula is C12H8N4. The molecule has 0 radical (unpaired) electrons. The van der Waals surface area contributed by atoms with E-state index in [-0.39, 0.29) is 11.7 Å². The quantitative estimate of drug-likeness (QED) is 0.636. The van der Waals surface area contributed by atoms with Gasteiger partial charge in [-0.25, -0.2) is 9.98 Å². The van der Waals surface area contributed by atoms with Gasteiger partial charge in [0.05, 0.1) is 10.7 Å². The van der Waals surface area contributed by atoms with Crippen molar-refractivity contribution in [1.29, 1.82) is 10.8 Å². The Morgan fingerprint density at radius 3 is 1.56 bits per heavy atom. The maximum atomic E-state index is 7.52. The molecule has 16 heavy (non-hydrogen) atoms. The molecule has 2 N–H and O–H groups in total. The summed E-state index contributed by atoms with van der Waals surface area (Å²) in [6, 6.07) is 3.91. The summed E-state index contributed by atoms with van der Waals surface area (Å²) in [6.07, 6.45) is 7.00. The molecule has 0 bridgehead atoms. The van der Waals surface area contributed by atoms with Crippen molar-refractivity contribution in [2.24, 2.45) is 9.98 Å². The molecule has 0 amide bonds. The van der Waals surface area contributed by atoms with Gasteiger partial charge in [0.25, 0.3) is 0 Å². The van der Waals surface area contributed by atoms with Crippen LogP contribution < -0.4 is 10.7 Å². The summed E-state index contributed by atoms with van der Waals surface area (Å²) < 4.78 is 0. The highest BCUT2D eigenvalue weighted by Gasteiger charge is 2.08. The predicted molar refractivity (Wildman–Crippen MR) is 62.3 cm³/mol. The summed E-state index contributed by atoms with van der Waals surface area (Å²) in [5.41, 5.74) is 1.89. The van der Waals surface area contributed by atoms with Gasteiger partial charge in [0.1, 0.15) is 11.7 Å². The van der Waals surface area contributed by atoms with Gasteiger partial charge in [-0.1, -0.05) is 12.1 Å². The molecular weight excluding hydrogens is 200 g/mol. The number of amidine groups is 2. The summed E-state index contributed by atoms with van der Waals surface area (Å²) in [6.45, 7) is 0. The van der Waals surface area contributed by atoms with Crippen LogP contribution in [-0.4, -0.2) is 11.7 Å². The first-order valence-corrected chi connectivity index (χ1v) is 4.88. The first-order chi connectivity index (χ1) is 7.74. The highest BCUT2D eigenvalue weighted by molar-refractivity contribution is 5.98. The molecule has 0 spiro atoms. The lowest BCUT2D eigenvalue weighted by atomic mass is 10.1. The van der Waals surface area contributed by atoms with Crippen molar-refractivity contribution in [3.8, 4) is 0 Å². The average molecular weight is 208 g/mol. The molecule has 0 unspecified atom stereocenters. The molecule has 1 aromatic rings. The molecule has 1 aromatic carbocycles. The Hall–Kier alpha value is -2.36. The third-order valence-electron chi connectivity index (χ3n) is 2.52. The number of nitrogens with zero attached hydrogens (tertiary/aromatic N) is 2. The lowest BCUT2D eigenvalue weighted by Gasteiger charge is -2.07. The van der Waals surface area contributed by atoms with Crippen molar-refractivity contribution in [2.45, 2.75) is 0 Å². The van der Waals surface area contributed by atoms with E-state index in [2.05, 4.69) is 9.98 Å². The van der Waals surface area contributed by atoms with E-state index in [1.165, 1.54) is 0 Å². The molecule has 0 aliphatic carbocycles. The topological polar surface area (TPSA) is 72.4 Å². The number of fused-ring (bicyclic) bond motifs is 3. The van der Waals surface area contributed by atoms with Crippen molar-refractivity contribution in [1.82, 2.24) is 0 Å². The maximum absolute atomic E-state index is 7.52. The van der Waals surface area contributed by atoms with Crippen molar-refractivity contribution in [2.75, 3.05) is 0 Å². The van der Waals surface area contributed by atoms with E-state index >= 15 is 0 Å². The fourth-order valence-corrected chi connectivity index (χ4v) is 1.77. The lowest BCUT2D eigenvalue weighted by Crippen LogP contribution is -2.34. The second kappa shape index (κ2) is 3.06. The molecule has 4 nitrogen and oxygen atoms in total. The third kappa shape index (κ3) is 1.24. The fraction of sp³-hybridized carbons (Fsp3) is 0. The average Bonchev–Trinajstić information content (AvgIpc) is 2.29. The van der Waals surface area contributed by atoms with Crippen LogP contribution in [0.1, 0.15) is 11.1 Å². The van der Waals surface area contributed by atoms with E-state index in [0.29, 0.717) is 10.7 Å². The molecule has 2 aliphatic heterocycles. The first kappa shape index (κ1) is 8.91. The molecule has 3 rings (SSSR count). The molecule has 0 saturated carbocycles. The van der Waals surface area contributed by atoms with Gasteiger partial charge >= 0.3 is 0 Å². The highest BCUT2D eigenvalue weighted by atomic mass is 14.9. The van der Waals surface area contributed by atoms with Gasteiger partial charge in [-0.05, 0) is 24.3 Å². The number of hydrogen-bond donors (Lipinski definition) is 2. The minimum atomic E-state index is 0.220. The number of nitrogens with one attached hydrogen (secondary N) is 2. The van der Waals surface area contributed by atoms with Crippen LogP contribution in [0.4, 0.5) is 0 Å². The van der Waals surface area contributed by atoms with Crippen molar-refractivity contribution >= 4 is 23.8 Å². The summed E-state index contributed by atoms with van der Waals surface area (Å²) in [4.78, 5) is 8.33. The summed E-state index contributed by atoms with van der Waals surface area (Å²) >= 11 is 0. The Kier molecular flexibility index (Phi) is 1.71. The molecule has 2 heterocycles. The summed E-state index contributed by atoms with van der Waals surface area (Å²) in [5, 5.41) is 16.4. The molecule has 4 heteroatoms. The summed E-state index contributed by atoms with van der Waals surface area (Å²) in [7, 11) is 0. The van der Waals surface area contributed by atoms with Gasteiger partial charge in [0.15, 0.2) is 0 Å². The van der Waals surface area contributed by atoms with Gasteiger partial charge in [0.2, 0.25) is 0 Å². The Morgan fingerprint density at radius 2 is 1.12 bits per heavy atom. The van der Waals surface area contributed by atoms with Crippen LogP contribution in [0.25, 0.3) is 12.2 Å². The van der Waals surface area contributed by atoms with Crippen LogP contribution in [0, 0.1) is 10.8 Å². The van der Waals surface area contributed by atoms with E-state index in [9.17, 15) is 0 Å². The number of rotatable bonds is 0.